The molecule has 0 aromatic rings. The van der Waals surface area contributed by atoms with Crippen LogP contribution in [0.4, 0.5) is 0 Å². The molecule has 0 rings (SSSR count). The van der Waals surface area contributed by atoms with Crippen LogP contribution in [0, 0.1) is 0 Å². The van der Waals surface area contributed by atoms with Crippen LogP contribution in [0.5, 0.6) is 0 Å². The molecule has 0 saturated heterocycles. The van der Waals surface area contributed by atoms with Crippen LogP contribution in [0.1, 0.15) is 90.9 Å². The van der Waals surface area contributed by atoms with Crippen LogP contribution in [0.3, 0.4) is 0 Å². The Morgan fingerprint density at radius 2 is 1.19 bits per heavy atom. The smallest absolute Gasteiger partial charge is 0.0569 e. The lowest BCUT2D eigenvalue weighted by Gasteiger charge is -2.28. The summed E-state index contributed by atoms with van der Waals surface area (Å²) >= 11 is 0. The standard InChI is InChI=1S/C18H41N3/c1-3-5-6-7-8-9-10-11-12-13-16-21(17-14-15-19)18(20)4-2/h18H,3-17,19-20H2,1-2H3. The Hall–Kier alpha value is -0.120. The van der Waals surface area contributed by atoms with E-state index in [4.69, 9.17) is 11.5 Å². The fourth-order valence-corrected chi connectivity index (χ4v) is 2.80. The molecule has 0 fully saturated rings. The third kappa shape index (κ3) is 13.3. The van der Waals surface area contributed by atoms with Crippen molar-refractivity contribution in [2.45, 2.75) is 97.1 Å². The van der Waals surface area contributed by atoms with Gasteiger partial charge in [0.05, 0.1) is 6.17 Å². The summed E-state index contributed by atoms with van der Waals surface area (Å²) in [6, 6.07) is 0. The van der Waals surface area contributed by atoms with Gasteiger partial charge in [0.2, 0.25) is 0 Å². The summed E-state index contributed by atoms with van der Waals surface area (Å²) < 4.78 is 0. The number of rotatable bonds is 16. The second-order valence-corrected chi connectivity index (χ2v) is 6.34. The van der Waals surface area contributed by atoms with Gasteiger partial charge in [0.25, 0.3) is 0 Å². The molecule has 0 aromatic carbocycles. The monoisotopic (exact) mass is 299 g/mol. The first kappa shape index (κ1) is 20.9. The maximum atomic E-state index is 6.16. The van der Waals surface area contributed by atoms with Gasteiger partial charge in [0.15, 0.2) is 0 Å². The maximum absolute atomic E-state index is 6.16. The zero-order chi connectivity index (χ0) is 15.8. The Bertz CT molecular complexity index is 197. The fraction of sp³-hybridized carbons (Fsp3) is 1.00. The molecular weight excluding hydrogens is 258 g/mol. The molecule has 0 aromatic heterocycles. The van der Waals surface area contributed by atoms with Crippen molar-refractivity contribution in [2.75, 3.05) is 19.6 Å². The van der Waals surface area contributed by atoms with Crippen molar-refractivity contribution in [3.05, 3.63) is 0 Å². The first-order valence-corrected chi connectivity index (χ1v) is 9.45. The molecule has 21 heavy (non-hydrogen) atoms. The summed E-state index contributed by atoms with van der Waals surface area (Å²) in [5.74, 6) is 0. The molecule has 0 spiro atoms. The quantitative estimate of drug-likeness (QED) is 0.331. The number of unbranched alkanes of at least 4 members (excludes halogenated alkanes) is 9. The van der Waals surface area contributed by atoms with E-state index in [1.807, 2.05) is 0 Å². The number of hydrogen-bond donors (Lipinski definition) is 2. The zero-order valence-corrected chi connectivity index (χ0v) is 14.8. The average Bonchev–Trinajstić information content (AvgIpc) is 2.51. The van der Waals surface area contributed by atoms with E-state index in [-0.39, 0.29) is 6.17 Å². The van der Waals surface area contributed by atoms with Crippen LogP contribution in [0.25, 0.3) is 0 Å². The lowest BCUT2D eigenvalue weighted by atomic mass is 10.1. The predicted octanol–water partition coefficient (Wildman–Crippen LogP) is 4.25. The Kier molecular flexibility index (Phi) is 16.2. The van der Waals surface area contributed by atoms with Crippen molar-refractivity contribution in [3.63, 3.8) is 0 Å². The molecule has 128 valence electrons. The first-order valence-electron chi connectivity index (χ1n) is 9.45. The van der Waals surface area contributed by atoms with Crippen molar-refractivity contribution < 1.29 is 0 Å². The molecule has 0 aliphatic heterocycles. The molecule has 3 heteroatoms. The maximum Gasteiger partial charge on any atom is 0.0569 e. The van der Waals surface area contributed by atoms with Gasteiger partial charge in [-0.05, 0) is 32.4 Å². The number of nitrogens with zero attached hydrogens (tertiary/aromatic N) is 1. The lowest BCUT2D eigenvalue weighted by molar-refractivity contribution is 0.189. The van der Waals surface area contributed by atoms with Crippen LogP contribution in [0.2, 0.25) is 0 Å². The molecule has 0 bridgehead atoms. The minimum absolute atomic E-state index is 0.218. The van der Waals surface area contributed by atoms with E-state index in [0.29, 0.717) is 0 Å². The highest BCUT2D eigenvalue weighted by molar-refractivity contribution is 4.65. The van der Waals surface area contributed by atoms with Crippen molar-refractivity contribution >= 4 is 0 Å². The van der Waals surface area contributed by atoms with Crippen LogP contribution < -0.4 is 11.5 Å². The predicted molar refractivity (Wildman–Crippen MR) is 95.4 cm³/mol. The Balaban J connectivity index is 3.44. The molecule has 0 aliphatic rings. The van der Waals surface area contributed by atoms with E-state index in [2.05, 4.69) is 18.7 Å². The SMILES string of the molecule is CCCCCCCCCCCCN(CCCN)C(N)CC. The van der Waals surface area contributed by atoms with Crippen molar-refractivity contribution in [1.82, 2.24) is 4.90 Å². The fourth-order valence-electron chi connectivity index (χ4n) is 2.80. The van der Waals surface area contributed by atoms with Crippen molar-refractivity contribution in [3.8, 4) is 0 Å². The highest BCUT2D eigenvalue weighted by Gasteiger charge is 2.10. The number of hydrogen-bond acceptors (Lipinski definition) is 3. The largest absolute Gasteiger partial charge is 0.330 e. The lowest BCUT2D eigenvalue weighted by Crippen LogP contribution is -2.43. The van der Waals surface area contributed by atoms with Gasteiger partial charge >= 0.3 is 0 Å². The molecule has 0 heterocycles. The summed E-state index contributed by atoms with van der Waals surface area (Å²) in [5, 5.41) is 0. The van der Waals surface area contributed by atoms with Gasteiger partial charge in [0, 0.05) is 6.54 Å². The summed E-state index contributed by atoms with van der Waals surface area (Å²) in [7, 11) is 0. The van der Waals surface area contributed by atoms with Gasteiger partial charge in [0.1, 0.15) is 0 Å². The molecule has 0 aliphatic carbocycles. The second kappa shape index (κ2) is 16.3. The molecule has 3 nitrogen and oxygen atoms in total. The van der Waals surface area contributed by atoms with Gasteiger partial charge in [-0.2, -0.15) is 0 Å². The Morgan fingerprint density at radius 3 is 1.67 bits per heavy atom. The highest BCUT2D eigenvalue weighted by atomic mass is 15.2. The molecule has 0 amide bonds. The average molecular weight is 300 g/mol. The number of nitrogens with two attached hydrogens (primary N) is 2. The van der Waals surface area contributed by atoms with E-state index in [0.717, 1.165) is 32.5 Å². The highest BCUT2D eigenvalue weighted by Crippen LogP contribution is 2.11. The van der Waals surface area contributed by atoms with E-state index < -0.39 is 0 Å². The van der Waals surface area contributed by atoms with E-state index in [9.17, 15) is 0 Å². The molecule has 1 unspecified atom stereocenters. The zero-order valence-electron chi connectivity index (χ0n) is 14.8. The molecular formula is C18H41N3. The van der Waals surface area contributed by atoms with Crippen LogP contribution >= 0.6 is 0 Å². The molecule has 4 N–H and O–H groups in total. The van der Waals surface area contributed by atoms with E-state index >= 15 is 0 Å². The molecule has 1 atom stereocenters. The van der Waals surface area contributed by atoms with E-state index in [1.54, 1.807) is 0 Å². The van der Waals surface area contributed by atoms with Gasteiger partial charge in [-0.15, -0.1) is 0 Å². The molecule has 0 radical (unpaired) electrons. The minimum atomic E-state index is 0.218. The summed E-state index contributed by atoms with van der Waals surface area (Å²) in [5.41, 5.74) is 11.8. The van der Waals surface area contributed by atoms with Crippen molar-refractivity contribution in [2.24, 2.45) is 11.5 Å². The third-order valence-corrected chi connectivity index (χ3v) is 4.34. The Labute approximate surface area is 133 Å². The van der Waals surface area contributed by atoms with Gasteiger partial charge in [-0.1, -0.05) is 71.6 Å². The summed E-state index contributed by atoms with van der Waals surface area (Å²) in [6.45, 7) is 7.42. The first-order chi connectivity index (χ1) is 10.3. The summed E-state index contributed by atoms with van der Waals surface area (Å²) in [4.78, 5) is 2.41. The second-order valence-electron chi connectivity index (χ2n) is 6.34. The summed E-state index contributed by atoms with van der Waals surface area (Å²) in [6.07, 6.45) is 16.2. The van der Waals surface area contributed by atoms with Crippen LogP contribution in [0.15, 0.2) is 0 Å². The van der Waals surface area contributed by atoms with Crippen LogP contribution in [-0.2, 0) is 0 Å². The van der Waals surface area contributed by atoms with Crippen molar-refractivity contribution in [1.29, 1.82) is 0 Å². The van der Waals surface area contributed by atoms with Gasteiger partial charge < -0.3 is 11.5 Å². The van der Waals surface area contributed by atoms with Gasteiger partial charge in [-0.25, -0.2) is 0 Å². The van der Waals surface area contributed by atoms with Gasteiger partial charge in [-0.3, -0.25) is 4.90 Å². The van der Waals surface area contributed by atoms with Crippen LogP contribution in [-0.4, -0.2) is 30.7 Å². The Morgan fingerprint density at radius 1 is 0.714 bits per heavy atom. The molecule has 0 saturated carbocycles. The normalized spacial score (nSPS) is 13.0. The minimum Gasteiger partial charge on any atom is -0.330 e. The van der Waals surface area contributed by atoms with E-state index in [1.165, 1.54) is 64.2 Å². The third-order valence-electron chi connectivity index (χ3n) is 4.34. The topological polar surface area (TPSA) is 55.3 Å².